The molecule has 1 N–H and O–H groups in total. The number of halogens is 1. The van der Waals surface area contributed by atoms with Crippen LogP contribution in [0.1, 0.15) is 27.9 Å². The predicted molar refractivity (Wildman–Crippen MR) is 107 cm³/mol. The molecule has 0 saturated carbocycles. The van der Waals surface area contributed by atoms with Crippen LogP contribution in [-0.4, -0.2) is 16.0 Å². The third-order valence-electron chi connectivity index (χ3n) is 4.43. The van der Waals surface area contributed by atoms with Gasteiger partial charge in [-0.1, -0.05) is 28.1 Å². The van der Waals surface area contributed by atoms with E-state index in [2.05, 4.69) is 39.0 Å². The predicted octanol–water partition coefficient (Wildman–Crippen LogP) is 4.91. The first-order chi connectivity index (χ1) is 11.9. The van der Waals surface area contributed by atoms with Crippen molar-refractivity contribution in [3.8, 4) is 5.69 Å². The zero-order valence-electron chi connectivity index (χ0n) is 14.7. The molecule has 1 heterocycles. The first-order valence-electron chi connectivity index (χ1n) is 8.07. The third-order valence-corrected chi connectivity index (χ3v) is 5.32. The highest BCUT2D eigenvalue weighted by Crippen LogP contribution is 2.21. The normalized spacial score (nSPS) is 11.4. The molecule has 0 aliphatic carbocycles. The smallest absolute Gasteiger partial charge is 0.280 e. The molecule has 4 nitrogen and oxygen atoms in total. The molecule has 0 aliphatic heterocycles. The van der Waals surface area contributed by atoms with E-state index in [1.165, 1.54) is 5.56 Å². The van der Waals surface area contributed by atoms with Gasteiger partial charge < -0.3 is 0 Å². The van der Waals surface area contributed by atoms with Crippen LogP contribution in [0.4, 0.5) is 5.69 Å². The summed E-state index contributed by atoms with van der Waals surface area (Å²) in [5, 5.41) is 3.14. The van der Waals surface area contributed by atoms with Crippen LogP contribution in [0.3, 0.4) is 0 Å². The molecule has 0 unspecified atom stereocenters. The highest BCUT2D eigenvalue weighted by molar-refractivity contribution is 9.10. The van der Waals surface area contributed by atoms with E-state index >= 15 is 0 Å². The number of hydrogen-bond acceptors (Lipinski definition) is 2. The van der Waals surface area contributed by atoms with Gasteiger partial charge in [-0.25, -0.2) is 4.68 Å². The molecular formula is C20H20BrN3O. The van der Waals surface area contributed by atoms with Crippen molar-refractivity contribution in [1.82, 2.24) is 9.78 Å². The molecule has 0 spiro atoms. The third kappa shape index (κ3) is 3.37. The molecule has 0 saturated heterocycles. The summed E-state index contributed by atoms with van der Waals surface area (Å²) in [4.78, 5) is 17.3. The Morgan fingerprint density at radius 1 is 1.08 bits per heavy atom. The van der Waals surface area contributed by atoms with E-state index in [4.69, 9.17) is 0 Å². The van der Waals surface area contributed by atoms with Crippen molar-refractivity contribution in [3.63, 3.8) is 0 Å². The zero-order chi connectivity index (χ0) is 18.1. The fourth-order valence-corrected chi connectivity index (χ4v) is 2.92. The Morgan fingerprint density at radius 2 is 1.84 bits per heavy atom. The van der Waals surface area contributed by atoms with E-state index in [0.717, 1.165) is 32.7 Å². The van der Waals surface area contributed by atoms with Crippen molar-refractivity contribution in [2.24, 2.45) is 4.99 Å². The lowest BCUT2D eigenvalue weighted by Gasteiger charge is -2.04. The van der Waals surface area contributed by atoms with Crippen LogP contribution in [0, 0.1) is 27.7 Å². The number of hydrogen-bond donors (Lipinski definition) is 1. The second-order valence-corrected chi connectivity index (χ2v) is 7.06. The molecule has 3 rings (SSSR count). The summed E-state index contributed by atoms with van der Waals surface area (Å²) in [7, 11) is 0. The number of aryl methyl sites for hydroxylation is 3. The number of aromatic amines is 1. The molecule has 0 radical (unpaired) electrons. The van der Waals surface area contributed by atoms with E-state index < -0.39 is 0 Å². The standard InChI is InChI=1S/C20H20BrN3O/c1-12-6-5-7-19(14(12)3)22-11-17-15(4)23-24(20(17)25)16-8-9-18(21)13(2)10-16/h5-11,23H,1-4H3. The van der Waals surface area contributed by atoms with Crippen LogP contribution in [0.5, 0.6) is 0 Å². The Bertz CT molecular complexity index is 1030. The SMILES string of the molecule is Cc1cc(-n2[nH]c(C)c(C=Nc3cccc(C)c3C)c2=O)ccc1Br. The lowest BCUT2D eigenvalue weighted by Crippen LogP contribution is -2.17. The number of nitrogens with zero attached hydrogens (tertiary/aromatic N) is 2. The van der Waals surface area contributed by atoms with E-state index in [9.17, 15) is 4.79 Å². The summed E-state index contributed by atoms with van der Waals surface area (Å²) in [5.74, 6) is 0. The molecule has 3 aromatic rings. The summed E-state index contributed by atoms with van der Waals surface area (Å²) in [6.45, 7) is 7.97. The average Bonchev–Trinajstić information content (AvgIpc) is 2.86. The van der Waals surface area contributed by atoms with Gasteiger partial charge in [-0.15, -0.1) is 0 Å². The monoisotopic (exact) mass is 397 g/mol. The van der Waals surface area contributed by atoms with Crippen molar-refractivity contribution in [2.45, 2.75) is 27.7 Å². The summed E-state index contributed by atoms with van der Waals surface area (Å²) in [6.07, 6.45) is 1.65. The highest BCUT2D eigenvalue weighted by atomic mass is 79.9. The van der Waals surface area contributed by atoms with Gasteiger partial charge in [0.15, 0.2) is 0 Å². The number of benzene rings is 2. The number of aliphatic imine (C=N–C) groups is 1. The number of H-pyrrole nitrogens is 1. The summed E-state index contributed by atoms with van der Waals surface area (Å²) < 4.78 is 2.57. The van der Waals surface area contributed by atoms with E-state index in [1.54, 1.807) is 10.9 Å². The summed E-state index contributed by atoms with van der Waals surface area (Å²) in [6, 6.07) is 11.8. The maximum atomic E-state index is 12.8. The van der Waals surface area contributed by atoms with Crippen molar-refractivity contribution in [2.75, 3.05) is 0 Å². The second kappa shape index (κ2) is 6.84. The fraction of sp³-hybridized carbons (Fsp3) is 0.200. The highest BCUT2D eigenvalue weighted by Gasteiger charge is 2.11. The maximum absolute atomic E-state index is 12.8. The van der Waals surface area contributed by atoms with Crippen LogP contribution in [0.15, 0.2) is 50.7 Å². The number of nitrogens with one attached hydrogen (secondary N) is 1. The maximum Gasteiger partial charge on any atom is 0.280 e. The van der Waals surface area contributed by atoms with Crippen LogP contribution >= 0.6 is 15.9 Å². The summed E-state index contributed by atoms with van der Waals surface area (Å²) in [5.41, 5.74) is 6.32. The topological polar surface area (TPSA) is 50.1 Å². The first kappa shape index (κ1) is 17.4. The molecule has 1 aromatic heterocycles. The molecular weight excluding hydrogens is 378 g/mol. The first-order valence-corrected chi connectivity index (χ1v) is 8.86. The Morgan fingerprint density at radius 3 is 2.56 bits per heavy atom. The Balaban J connectivity index is 2.03. The van der Waals surface area contributed by atoms with E-state index in [-0.39, 0.29) is 5.56 Å². The van der Waals surface area contributed by atoms with Crippen LogP contribution < -0.4 is 5.56 Å². The van der Waals surface area contributed by atoms with Crippen LogP contribution in [-0.2, 0) is 0 Å². The minimum atomic E-state index is -0.103. The van der Waals surface area contributed by atoms with E-state index in [0.29, 0.717) is 5.56 Å². The summed E-state index contributed by atoms with van der Waals surface area (Å²) >= 11 is 3.48. The minimum Gasteiger partial charge on any atom is -0.295 e. The lowest BCUT2D eigenvalue weighted by molar-refractivity contribution is 0.834. The molecule has 25 heavy (non-hydrogen) atoms. The van der Waals surface area contributed by atoms with Crippen LogP contribution in [0.25, 0.3) is 5.69 Å². The van der Waals surface area contributed by atoms with Gasteiger partial charge in [0, 0.05) is 16.4 Å². The van der Waals surface area contributed by atoms with Crippen molar-refractivity contribution < 1.29 is 0 Å². The molecule has 2 aromatic carbocycles. The fourth-order valence-electron chi connectivity index (χ4n) is 2.67. The Kier molecular flexibility index (Phi) is 4.77. The Hall–Kier alpha value is -2.40. The van der Waals surface area contributed by atoms with Gasteiger partial charge in [0.2, 0.25) is 0 Å². The number of aromatic nitrogens is 2. The van der Waals surface area contributed by atoms with E-state index in [1.807, 2.05) is 51.1 Å². The lowest BCUT2D eigenvalue weighted by atomic mass is 10.1. The van der Waals surface area contributed by atoms with Crippen molar-refractivity contribution in [1.29, 1.82) is 0 Å². The molecule has 5 heteroatoms. The molecule has 0 amide bonds. The largest absolute Gasteiger partial charge is 0.295 e. The van der Waals surface area contributed by atoms with Crippen molar-refractivity contribution >= 4 is 27.8 Å². The van der Waals surface area contributed by atoms with Gasteiger partial charge in [0.05, 0.1) is 16.9 Å². The molecule has 0 atom stereocenters. The van der Waals surface area contributed by atoms with Crippen LogP contribution in [0.2, 0.25) is 0 Å². The molecule has 128 valence electrons. The average molecular weight is 398 g/mol. The van der Waals surface area contributed by atoms with Gasteiger partial charge in [-0.05, 0) is 68.7 Å². The molecule has 0 fully saturated rings. The van der Waals surface area contributed by atoms with Gasteiger partial charge in [0.25, 0.3) is 5.56 Å². The molecule has 0 bridgehead atoms. The van der Waals surface area contributed by atoms with Gasteiger partial charge >= 0.3 is 0 Å². The second-order valence-electron chi connectivity index (χ2n) is 6.20. The van der Waals surface area contributed by atoms with Crippen molar-refractivity contribution in [3.05, 3.63) is 79.2 Å². The Labute approximate surface area is 155 Å². The van der Waals surface area contributed by atoms with Gasteiger partial charge in [-0.2, -0.15) is 0 Å². The minimum absolute atomic E-state index is 0.103. The number of rotatable bonds is 3. The van der Waals surface area contributed by atoms with Gasteiger partial charge in [0.1, 0.15) is 0 Å². The molecule has 0 aliphatic rings. The van der Waals surface area contributed by atoms with Gasteiger partial charge in [-0.3, -0.25) is 14.9 Å². The zero-order valence-corrected chi connectivity index (χ0v) is 16.3. The quantitative estimate of drug-likeness (QED) is 0.626.